The van der Waals surface area contributed by atoms with Crippen LogP contribution in [0, 0.1) is 0 Å². The summed E-state index contributed by atoms with van der Waals surface area (Å²) in [7, 11) is 1.28. The molecule has 9 heteroatoms. The van der Waals surface area contributed by atoms with E-state index in [1.807, 2.05) is 21.1 Å². The lowest BCUT2D eigenvalue weighted by Crippen LogP contribution is -2.46. The summed E-state index contributed by atoms with van der Waals surface area (Å²) >= 11 is 0. The van der Waals surface area contributed by atoms with Gasteiger partial charge in [-0.05, 0) is 64.2 Å². The molecule has 0 aliphatic carbocycles. The lowest BCUT2D eigenvalue weighted by molar-refractivity contribution is -0.870. The first-order valence-corrected chi connectivity index (χ1v) is 26.7. The van der Waals surface area contributed by atoms with Crippen LogP contribution in [0.3, 0.4) is 0 Å². The highest BCUT2D eigenvalue weighted by Crippen LogP contribution is 2.38. The van der Waals surface area contributed by atoms with Crippen molar-refractivity contribution < 1.29 is 32.9 Å². The molecule has 0 saturated heterocycles. The number of quaternary nitrogens is 1. The number of hydrogen-bond donors (Lipinski definition) is 2. The summed E-state index contributed by atoms with van der Waals surface area (Å²) in [4.78, 5) is 25.4. The third-order valence-corrected chi connectivity index (χ3v) is 11.9. The minimum absolute atomic E-state index is 0.00318. The smallest absolute Gasteiger partial charge is 0.268 e. The van der Waals surface area contributed by atoms with E-state index in [4.69, 9.17) is 9.05 Å². The number of likely N-dealkylation sites (N-methyl/N-ethyl adjacent to an activating group) is 1. The third-order valence-electron chi connectivity index (χ3n) is 11.0. The van der Waals surface area contributed by atoms with Crippen LogP contribution in [0.5, 0.6) is 0 Å². The fourth-order valence-electron chi connectivity index (χ4n) is 6.98. The second-order valence-corrected chi connectivity index (χ2v) is 19.6. The average Bonchev–Trinajstić information content (AvgIpc) is 3.23. The normalized spacial score (nSPS) is 14.8. The molecule has 0 bridgehead atoms. The zero-order chi connectivity index (χ0) is 45.7. The molecule has 0 fully saturated rings. The van der Waals surface area contributed by atoms with Gasteiger partial charge < -0.3 is 28.8 Å². The first kappa shape index (κ1) is 59.9. The summed E-state index contributed by atoms with van der Waals surface area (Å²) < 4.78 is 23.3. The van der Waals surface area contributed by atoms with Gasteiger partial charge in [-0.2, -0.15) is 0 Å². The molecule has 2 N–H and O–H groups in total. The van der Waals surface area contributed by atoms with Crippen LogP contribution in [-0.4, -0.2) is 68.5 Å². The lowest BCUT2D eigenvalue weighted by Gasteiger charge is -2.30. The van der Waals surface area contributed by atoms with Crippen molar-refractivity contribution in [2.75, 3.05) is 40.9 Å². The standard InChI is InChI=1S/C53H97N2O6P/c1-6-8-10-12-14-16-18-20-22-24-25-26-27-28-29-31-33-35-37-39-41-43-45-47-53(57)54-51(50-61-62(58,59)60-49-48-55(3,4)5)52(56)46-44-42-40-38-36-34-32-30-23-21-19-17-15-13-11-9-7-2/h8,10,14,16,20,22,25-26,28-29,33,35,51-52,56H,6-7,9,11-13,15,17-19,21,23-24,27,30-32,34,36-50H2,1-5H3,(H-,54,57,58,59)/b10-8-,16-14-,22-20-,26-25-,29-28-,35-33-. The van der Waals surface area contributed by atoms with Gasteiger partial charge in [0.25, 0.3) is 7.82 Å². The van der Waals surface area contributed by atoms with E-state index < -0.39 is 20.0 Å². The van der Waals surface area contributed by atoms with E-state index in [1.165, 1.54) is 89.9 Å². The number of nitrogens with zero attached hydrogens (tertiary/aromatic N) is 1. The van der Waals surface area contributed by atoms with Gasteiger partial charge in [0, 0.05) is 6.42 Å². The molecule has 3 unspecified atom stereocenters. The van der Waals surface area contributed by atoms with Gasteiger partial charge in [-0.1, -0.05) is 209 Å². The number of carbonyl (C=O) groups excluding carboxylic acids is 1. The molecule has 0 heterocycles. The molecular weight excluding hydrogens is 792 g/mol. The van der Waals surface area contributed by atoms with E-state index in [1.54, 1.807) is 0 Å². The van der Waals surface area contributed by atoms with Gasteiger partial charge in [-0.25, -0.2) is 0 Å². The fourth-order valence-corrected chi connectivity index (χ4v) is 7.71. The minimum Gasteiger partial charge on any atom is -0.756 e. The van der Waals surface area contributed by atoms with E-state index in [-0.39, 0.29) is 19.1 Å². The fraction of sp³-hybridized carbons (Fsp3) is 0.755. The van der Waals surface area contributed by atoms with E-state index >= 15 is 0 Å². The SMILES string of the molecule is CC/C=C\C/C=C\C/C=C\C/C=C\C/C=C\C/C=C\CCCCCCC(=O)NC(COP(=O)([O-])OCC[N+](C)(C)C)C(O)CCCCCCCCCCCCCCCCCCC. The highest BCUT2D eigenvalue weighted by Gasteiger charge is 2.24. The number of carbonyl (C=O) groups is 1. The van der Waals surface area contributed by atoms with Gasteiger partial charge in [-0.15, -0.1) is 0 Å². The van der Waals surface area contributed by atoms with Gasteiger partial charge in [0.1, 0.15) is 13.2 Å². The number of allylic oxidation sites excluding steroid dienone is 12. The van der Waals surface area contributed by atoms with Crippen LogP contribution in [0.4, 0.5) is 0 Å². The van der Waals surface area contributed by atoms with E-state index in [0.717, 1.165) is 89.9 Å². The van der Waals surface area contributed by atoms with Crippen molar-refractivity contribution in [3.05, 3.63) is 72.9 Å². The van der Waals surface area contributed by atoms with E-state index in [2.05, 4.69) is 92.1 Å². The Balaban J connectivity index is 4.36. The Morgan fingerprint density at radius 2 is 0.984 bits per heavy atom. The number of unbranched alkanes of at least 4 members (excludes halogenated alkanes) is 20. The highest BCUT2D eigenvalue weighted by molar-refractivity contribution is 7.45. The Morgan fingerprint density at radius 3 is 1.44 bits per heavy atom. The summed E-state index contributed by atoms with van der Waals surface area (Å²) in [6.45, 7) is 4.58. The van der Waals surface area contributed by atoms with Gasteiger partial charge in [-0.3, -0.25) is 9.36 Å². The molecule has 0 spiro atoms. The van der Waals surface area contributed by atoms with Crippen LogP contribution in [0.1, 0.15) is 206 Å². The molecule has 0 aromatic rings. The molecule has 8 nitrogen and oxygen atoms in total. The van der Waals surface area contributed by atoms with Crippen molar-refractivity contribution in [2.45, 2.75) is 219 Å². The van der Waals surface area contributed by atoms with Gasteiger partial charge >= 0.3 is 0 Å². The Kier molecular flexibility index (Phi) is 42.7. The molecule has 1 amide bonds. The van der Waals surface area contributed by atoms with E-state index in [9.17, 15) is 19.4 Å². The average molecular weight is 889 g/mol. The summed E-state index contributed by atoms with van der Waals surface area (Å²) in [6.07, 6.45) is 59.1. The number of hydrogen-bond acceptors (Lipinski definition) is 6. The first-order valence-electron chi connectivity index (χ1n) is 25.3. The number of amides is 1. The Labute approximate surface area is 383 Å². The molecule has 0 aliphatic heterocycles. The van der Waals surface area contributed by atoms with Crippen LogP contribution in [0.15, 0.2) is 72.9 Å². The summed E-state index contributed by atoms with van der Waals surface area (Å²) in [5.41, 5.74) is 0. The van der Waals surface area contributed by atoms with E-state index in [0.29, 0.717) is 23.9 Å². The molecule has 0 radical (unpaired) electrons. The topological polar surface area (TPSA) is 108 Å². The van der Waals surface area contributed by atoms with Crippen molar-refractivity contribution in [1.82, 2.24) is 5.32 Å². The van der Waals surface area contributed by atoms with Crippen LogP contribution < -0.4 is 10.2 Å². The van der Waals surface area contributed by atoms with Crippen molar-refractivity contribution in [3.8, 4) is 0 Å². The number of nitrogens with one attached hydrogen (secondary N) is 1. The molecule has 0 saturated carbocycles. The maximum atomic E-state index is 12.9. The Hall–Kier alpha value is -2.06. The molecule has 3 atom stereocenters. The highest BCUT2D eigenvalue weighted by atomic mass is 31.2. The van der Waals surface area contributed by atoms with Gasteiger partial charge in [0.05, 0.1) is 39.9 Å². The monoisotopic (exact) mass is 889 g/mol. The molecule has 0 aliphatic rings. The van der Waals surface area contributed by atoms with Crippen LogP contribution in [-0.2, 0) is 18.4 Å². The van der Waals surface area contributed by atoms with Gasteiger partial charge in [0.2, 0.25) is 5.91 Å². The molecule has 0 rings (SSSR count). The lowest BCUT2D eigenvalue weighted by atomic mass is 10.0. The number of phosphoric ester groups is 1. The summed E-state index contributed by atoms with van der Waals surface area (Å²) in [5, 5.41) is 14.0. The second-order valence-electron chi connectivity index (χ2n) is 18.1. The Bertz CT molecular complexity index is 1240. The van der Waals surface area contributed by atoms with Crippen molar-refractivity contribution in [3.63, 3.8) is 0 Å². The summed E-state index contributed by atoms with van der Waals surface area (Å²) in [5.74, 6) is -0.191. The van der Waals surface area contributed by atoms with Crippen molar-refractivity contribution in [2.24, 2.45) is 0 Å². The number of aliphatic hydroxyl groups excluding tert-OH is 1. The molecule has 0 aromatic heterocycles. The summed E-state index contributed by atoms with van der Waals surface area (Å²) in [6, 6.07) is -0.819. The molecular formula is C53H97N2O6P. The van der Waals surface area contributed by atoms with Crippen LogP contribution in [0.25, 0.3) is 0 Å². The maximum Gasteiger partial charge on any atom is 0.268 e. The maximum absolute atomic E-state index is 12.9. The zero-order valence-corrected chi connectivity index (χ0v) is 41.7. The number of phosphoric acid groups is 1. The van der Waals surface area contributed by atoms with Crippen molar-refractivity contribution in [1.29, 1.82) is 0 Å². The van der Waals surface area contributed by atoms with Crippen molar-refractivity contribution >= 4 is 13.7 Å². The molecule has 0 aromatic carbocycles. The van der Waals surface area contributed by atoms with Crippen LogP contribution in [0.2, 0.25) is 0 Å². The first-order chi connectivity index (χ1) is 30.0. The second kappa shape index (κ2) is 44.2. The minimum atomic E-state index is -4.58. The predicted molar refractivity (Wildman–Crippen MR) is 265 cm³/mol. The third kappa shape index (κ3) is 45.9. The zero-order valence-electron chi connectivity index (χ0n) is 40.8. The van der Waals surface area contributed by atoms with Gasteiger partial charge in [0.15, 0.2) is 0 Å². The molecule has 360 valence electrons. The largest absolute Gasteiger partial charge is 0.756 e. The van der Waals surface area contributed by atoms with Crippen LogP contribution >= 0.6 is 7.82 Å². The Morgan fingerprint density at radius 1 is 0.581 bits per heavy atom. The molecule has 62 heavy (non-hydrogen) atoms. The number of rotatable bonds is 45. The quantitative estimate of drug-likeness (QED) is 0.0273. The number of aliphatic hydroxyl groups is 1. The predicted octanol–water partition coefficient (Wildman–Crippen LogP) is 14.1.